The van der Waals surface area contributed by atoms with Crippen LogP contribution >= 0.6 is 23.4 Å². The van der Waals surface area contributed by atoms with Gasteiger partial charge in [-0.1, -0.05) is 29.3 Å². The summed E-state index contributed by atoms with van der Waals surface area (Å²) in [4.78, 5) is 25.4. The fraction of sp³-hybridized carbons (Fsp3) is 0.130. The van der Waals surface area contributed by atoms with Gasteiger partial charge in [-0.25, -0.2) is 0 Å². The maximum absolute atomic E-state index is 12.3. The summed E-state index contributed by atoms with van der Waals surface area (Å²) in [6.07, 6.45) is 0. The molecule has 5 nitrogen and oxygen atoms in total. The Labute approximate surface area is 184 Å². The molecule has 0 aromatic heterocycles. The lowest BCUT2D eigenvalue weighted by molar-refractivity contribution is -0.113. The van der Waals surface area contributed by atoms with Crippen LogP contribution < -0.4 is 15.4 Å². The van der Waals surface area contributed by atoms with Gasteiger partial charge in [0.15, 0.2) is 0 Å². The number of anilines is 2. The van der Waals surface area contributed by atoms with Crippen LogP contribution in [0, 0.1) is 6.92 Å². The standard InChI is InChI=1S/C23H21ClN2O3S/c1-15-4-3-5-16(12-15)23(28)26-17-6-9-19(10-7-17)30-14-22(27)25-18-8-11-21(29-2)20(24)13-18/h3-13H,14H2,1-2H3,(H,25,27)(H,26,28). The zero-order chi connectivity index (χ0) is 21.5. The van der Waals surface area contributed by atoms with Crippen LogP contribution in [0.2, 0.25) is 5.02 Å². The minimum Gasteiger partial charge on any atom is -0.495 e. The minimum absolute atomic E-state index is 0.141. The molecule has 0 saturated carbocycles. The molecule has 7 heteroatoms. The Hall–Kier alpha value is -2.96. The number of aryl methyl sites for hydroxylation is 1. The molecule has 3 rings (SSSR count). The summed E-state index contributed by atoms with van der Waals surface area (Å²) in [5.41, 5.74) is 2.96. The number of methoxy groups -OCH3 is 1. The summed E-state index contributed by atoms with van der Waals surface area (Å²) in [5.74, 6) is 0.506. The number of amides is 2. The number of thioether (sulfide) groups is 1. The fourth-order valence-electron chi connectivity index (χ4n) is 2.71. The highest BCUT2D eigenvalue weighted by molar-refractivity contribution is 8.00. The molecule has 3 aromatic rings. The van der Waals surface area contributed by atoms with Crippen molar-refractivity contribution in [3.05, 3.63) is 82.9 Å². The molecule has 0 spiro atoms. The van der Waals surface area contributed by atoms with E-state index in [2.05, 4.69) is 10.6 Å². The number of benzene rings is 3. The van der Waals surface area contributed by atoms with Gasteiger partial charge in [0.1, 0.15) is 5.75 Å². The average molecular weight is 441 g/mol. The van der Waals surface area contributed by atoms with Crippen molar-refractivity contribution in [3.8, 4) is 5.75 Å². The molecule has 0 unspecified atom stereocenters. The van der Waals surface area contributed by atoms with Crippen LogP contribution in [0.25, 0.3) is 0 Å². The molecule has 0 bridgehead atoms. The van der Waals surface area contributed by atoms with E-state index >= 15 is 0 Å². The first-order valence-corrected chi connectivity index (χ1v) is 10.6. The molecule has 3 aromatic carbocycles. The van der Waals surface area contributed by atoms with Crippen LogP contribution in [-0.4, -0.2) is 24.7 Å². The highest BCUT2D eigenvalue weighted by Gasteiger charge is 2.08. The molecule has 0 fully saturated rings. The Kier molecular flexibility index (Phi) is 7.38. The molecule has 0 aliphatic rings. The number of rotatable bonds is 7. The maximum atomic E-state index is 12.3. The van der Waals surface area contributed by atoms with Gasteiger partial charge in [0, 0.05) is 21.8 Å². The normalized spacial score (nSPS) is 10.4. The van der Waals surface area contributed by atoms with Gasteiger partial charge < -0.3 is 15.4 Å². The van der Waals surface area contributed by atoms with Gasteiger partial charge in [-0.05, 0) is 61.5 Å². The molecule has 0 atom stereocenters. The third-order valence-electron chi connectivity index (χ3n) is 4.20. The summed E-state index contributed by atoms with van der Waals surface area (Å²) >= 11 is 7.48. The van der Waals surface area contributed by atoms with Crippen molar-refractivity contribution in [2.45, 2.75) is 11.8 Å². The van der Waals surface area contributed by atoms with Crippen molar-refractivity contribution in [2.24, 2.45) is 0 Å². The number of hydrogen-bond acceptors (Lipinski definition) is 4. The minimum atomic E-state index is -0.156. The van der Waals surface area contributed by atoms with Gasteiger partial charge in [-0.3, -0.25) is 9.59 Å². The van der Waals surface area contributed by atoms with E-state index in [4.69, 9.17) is 16.3 Å². The van der Waals surface area contributed by atoms with Crippen molar-refractivity contribution in [1.82, 2.24) is 0 Å². The predicted molar refractivity (Wildman–Crippen MR) is 123 cm³/mol. The van der Waals surface area contributed by atoms with Gasteiger partial charge in [-0.2, -0.15) is 0 Å². The van der Waals surface area contributed by atoms with E-state index in [0.29, 0.717) is 27.7 Å². The lowest BCUT2D eigenvalue weighted by Crippen LogP contribution is -2.14. The van der Waals surface area contributed by atoms with E-state index in [1.165, 1.54) is 18.9 Å². The highest BCUT2D eigenvalue weighted by atomic mass is 35.5. The topological polar surface area (TPSA) is 67.4 Å². The van der Waals surface area contributed by atoms with Crippen LogP contribution in [0.15, 0.2) is 71.6 Å². The Bertz CT molecular complexity index is 1050. The van der Waals surface area contributed by atoms with E-state index in [-0.39, 0.29) is 17.6 Å². The van der Waals surface area contributed by atoms with Gasteiger partial charge >= 0.3 is 0 Å². The summed E-state index contributed by atoms with van der Waals surface area (Å²) in [6, 6.07) is 19.9. The molecule has 0 radical (unpaired) electrons. The average Bonchev–Trinajstić information content (AvgIpc) is 2.73. The number of nitrogens with one attached hydrogen (secondary N) is 2. The molecule has 30 heavy (non-hydrogen) atoms. The zero-order valence-corrected chi connectivity index (χ0v) is 18.1. The highest BCUT2D eigenvalue weighted by Crippen LogP contribution is 2.27. The molecule has 2 N–H and O–H groups in total. The van der Waals surface area contributed by atoms with Crippen molar-refractivity contribution >= 4 is 46.6 Å². The van der Waals surface area contributed by atoms with Crippen molar-refractivity contribution in [3.63, 3.8) is 0 Å². The second-order valence-corrected chi connectivity index (χ2v) is 7.99. The molecule has 154 valence electrons. The van der Waals surface area contributed by atoms with Crippen LogP contribution in [-0.2, 0) is 4.79 Å². The smallest absolute Gasteiger partial charge is 0.255 e. The van der Waals surface area contributed by atoms with Crippen LogP contribution in [0.4, 0.5) is 11.4 Å². The molecular formula is C23H21ClN2O3S. The monoisotopic (exact) mass is 440 g/mol. The van der Waals surface area contributed by atoms with E-state index in [1.807, 2.05) is 49.4 Å². The first kappa shape index (κ1) is 21.7. The lowest BCUT2D eigenvalue weighted by Gasteiger charge is -2.09. The van der Waals surface area contributed by atoms with Crippen LogP contribution in [0.5, 0.6) is 5.75 Å². The maximum Gasteiger partial charge on any atom is 0.255 e. The largest absolute Gasteiger partial charge is 0.495 e. The summed E-state index contributed by atoms with van der Waals surface area (Å²) < 4.78 is 5.10. The third kappa shape index (κ3) is 6.02. The van der Waals surface area contributed by atoms with Crippen molar-refractivity contribution in [2.75, 3.05) is 23.5 Å². The van der Waals surface area contributed by atoms with Crippen molar-refractivity contribution < 1.29 is 14.3 Å². The van der Waals surface area contributed by atoms with E-state index in [1.54, 1.807) is 24.3 Å². The summed E-state index contributed by atoms with van der Waals surface area (Å²) in [7, 11) is 1.54. The van der Waals surface area contributed by atoms with Crippen molar-refractivity contribution in [1.29, 1.82) is 0 Å². The second-order valence-electron chi connectivity index (χ2n) is 6.53. The van der Waals surface area contributed by atoms with E-state index in [9.17, 15) is 9.59 Å². The van der Waals surface area contributed by atoms with Gasteiger partial charge in [0.25, 0.3) is 5.91 Å². The molecule has 0 heterocycles. The Balaban J connectivity index is 1.51. The van der Waals surface area contributed by atoms with Gasteiger partial charge in [-0.15, -0.1) is 11.8 Å². The Morgan fingerprint density at radius 1 is 0.967 bits per heavy atom. The number of carbonyl (C=O) groups is 2. The first-order chi connectivity index (χ1) is 14.4. The number of ether oxygens (including phenoxy) is 1. The van der Waals surface area contributed by atoms with E-state index < -0.39 is 0 Å². The predicted octanol–water partition coefficient (Wildman–Crippen LogP) is 5.64. The Morgan fingerprint density at radius 2 is 1.70 bits per heavy atom. The summed E-state index contributed by atoms with van der Waals surface area (Å²) in [6.45, 7) is 1.95. The van der Waals surface area contributed by atoms with Crippen LogP contribution in [0.3, 0.4) is 0 Å². The summed E-state index contributed by atoms with van der Waals surface area (Å²) in [5, 5.41) is 6.12. The number of carbonyl (C=O) groups excluding carboxylic acids is 2. The number of hydrogen-bond donors (Lipinski definition) is 2. The Morgan fingerprint density at radius 3 is 2.37 bits per heavy atom. The lowest BCUT2D eigenvalue weighted by atomic mass is 10.1. The zero-order valence-electron chi connectivity index (χ0n) is 16.6. The van der Waals surface area contributed by atoms with Crippen LogP contribution in [0.1, 0.15) is 15.9 Å². The molecular weight excluding hydrogens is 420 g/mol. The molecule has 0 saturated heterocycles. The van der Waals surface area contributed by atoms with Gasteiger partial charge in [0.05, 0.1) is 17.9 Å². The molecule has 0 aliphatic heterocycles. The fourth-order valence-corrected chi connectivity index (χ4v) is 3.67. The second kappa shape index (κ2) is 10.2. The molecule has 2 amide bonds. The number of halogens is 1. The third-order valence-corrected chi connectivity index (χ3v) is 5.51. The molecule has 0 aliphatic carbocycles. The first-order valence-electron chi connectivity index (χ1n) is 9.19. The SMILES string of the molecule is COc1ccc(NC(=O)CSc2ccc(NC(=O)c3cccc(C)c3)cc2)cc1Cl. The quantitative estimate of drug-likeness (QED) is 0.466. The van der Waals surface area contributed by atoms with Gasteiger partial charge in [0.2, 0.25) is 5.91 Å². The van der Waals surface area contributed by atoms with E-state index in [0.717, 1.165) is 10.5 Å².